The highest BCUT2D eigenvalue weighted by atomic mass is 32.1. The Morgan fingerprint density at radius 3 is 2.56 bits per heavy atom. The van der Waals surface area contributed by atoms with Gasteiger partial charge in [-0.25, -0.2) is 4.98 Å². The highest BCUT2D eigenvalue weighted by Crippen LogP contribution is 2.35. The molecule has 102 valence electrons. The van der Waals surface area contributed by atoms with Crippen molar-refractivity contribution in [3.05, 3.63) is 16.1 Å². The van der Waals surface area contributed by atoms with E-state index in [2.05, 4.69) is 50.2 Å². The molecule has 1 aromatic heterocycles. The monoisotopic (exact) mass is 267 g/mol. The zero-order chi connectivity index (χ0) is 13.3. The molecule has 3 nitrogen and oxygen atoms in total. The highest BCUT2D eigenvalue weighted by molar-refractivity contribution is 7.09. The van der Waals surface area contributed by atoms with Gasteiger partial charge in [-0.1, -0.05) is 0 Å². The topological polar surface area (TPSA) is 28.2 Å². The lowest BCUT2D eigenvalue weighted by Crippen LogP contribution is -2.48. The molecule has 1 aliphatic heterocycles. The lowest BCUT2D eigenvalue weighted by molar-refractivity contribution is 0.232. The van der Waals surface area contributed by atoms with Gasteiger partial charge in [-0.05, 0) is 41.0 Å². The van der Waals surface area contributed by atoms with Crippen molar-refractivity contribution in [3.8, 4) is 0 Å². The van der Waals surface area contributed by atoms with E-state index in [0.717, 1.165) is 25.2 Å². The number of hydrogen-bond donors (Lipinski definition) is 1. The van der Waals surface area contributed by atoms with Gasteiger partial charge >= 0.3 is 0 Å². The fourth-order valence-electron chi connectivity index (χ4n) is 2.76. The van der Waals surface area contributed by atoms with E-state index >= 15 is 0 Å². The standard InChI is InChI=1S/C14H25N3S/c1-10(2)16-14(13-15-12(5)8-18-13)6-7-17(9-14)11(3)4/h8,10-11,16H,6-7,9H2,1-5H3. The van der Waals surface area contributed by atoms with Crippen LogP contribution in [0.4, 0.5) is 0 Å². The summed E-state index contributed by atoms with van der Waals surface area (Å²) in [5, 5.41) is 7.20. The Hall–Kier alpha value is -0.450. The molecular weight excluding hydrogens is 242 g/mol. The first kappa shape index (κ1) is 14.0. The van der Waals surface area contributed by atoms with Crippen LogP contribution in [-0.2, 0) is 5.54 Å². The Kier molecular flexibility index (Phi) is 4.09. The molecule has 0 radical (unpaired) electrons. The van der Waals surface area contributed by atoms with Gasteiger partial charge in [-0.3, -0.25) is 4.90 Å². The maximum Gasteiger partial charge on any atom is 0.114 e. The average molecular weight is 267 g/mol. The summed E-state index contributed by atoms with van der Waals surface area (Å²) < 4.78 is 0. The van der Waals surface area contributed by atoms with Crippen LogP contribution in [0.3, 0.4) is 0 Å². The van der Waals surface area contributed by atoms with Gasteiger partial charge < -0.3 is 5.32 Å². The summed E-state index contributed by atoms with van der Waals surface area (Å²) in [6.45, 7) is 13.3. The molecule has 4 heteroatoms. The van der Waals surface area contributed by atoms with Crippen LogP contribution in [0.2, 0.25) is 0 Å². The molecule has 0 aromatic carbocycles. The molecule has 0 bridgehead atoms. The predicted octanol–water partition coefficient (Wildman–Crippen LogP) is 2.76. The zero-order valence-electron chi connectivity index (χ0n) is 12.2. The van der Waals surface area contributed by atoms with Crippen LogP contribution in [0, 0.1) is 6.92 Å². The maximum atomic E-state index is 4.74. The van der Waals surface area contributed by atoms with Crippen LogP contribution in [0.5, 0.6) is 0 Å². The average Bonchev–Trinajstić information content (AvgIpc) is 2.84. The Morgan fingerprint density at radius 1 is 1.39 bits per heavy atom. The number of thiazole rings is 1. The second-order valence-electron chi connectivity index (χ2n) is 5.99. The predicted molar refractivity (Wildman–Crippen MR) is 78.1 cm³/mol. The first-order valence-electron chi connectivity index (χ1n) is 6.87. The molecule has 1 aromatic rings. The van der Waals surface area contributed by atoms with E-state index in [-0.39, 0.29) is 5.54 Å². The maximum absolute atomic E-state index is 4.74. The molecule has 0 amide bonds. The number of nitrogens with one attached hydrogen (secondary N) is 1. The van der Waals surface area contributed by atoms with Gasteiger partial charge in [0.05, 0.1) is 5.54 Å². The third kappa shape index (κ3) is 2.76. The second kappa shape index (κ2) is 5.27. The minimum Gasteiger partial charge on any atom is -0.302 e. The van der Waals surface area contributed by atoms with E-state index < -0.39 is 0 Å². The van der Waals surface area contributed by atoms with Crippen molar-refractivity contribution in [2.75, 3.05) is 13.1 Å². The van der Waals surface area contributed by atoms with E-state index in [1.54, 1.807) is 11.3 Å². The molecule has 2 heterocycles. The molecule has 1 atom stereocenters. The van der Waals surface area contributed by atoms with Crippen molar-refractivity contribution >= 4 is 11.3 Å². The number of aryl methyl sites for hydroxylation is 1. The normalized spacial score (nSPS) is 25.5. The Morgan fingerprint density at radius 2 is 2.11 bits per heavy atom. The summed E-state index contributed by atoms with van der Waals surface area (Å²) in [6, 6.07) is 1.10. The minimum atomic E-state index is 0.0668. The van der Waals surface area contributed by atoms with Crippen LogP contribution in [-0.4, -0.2) is 35.1 Å². The van der Waals surface area contributed by atoms with Gasteiger partial charge in [0, 0.05) is 36.2 Å². The largest absolute Gasteiger partial charge is 0.302 e. The number of likely N-dealkylation sites (tertiary alicyclic amines) is 1. The van der Waals surface area contributed by atoms with Crippen molar-refractivity contribution in [3.63, 3.8) is 0 Å². The SMILES string of the molecule is Cc1csc(C2(NC(C)C)CCN(C(C)C)C2)n1. The van der Waals surface area contributed by atoms with Crippen molar-refractivity contribution < 1.29 is 0 Å². The summed E-state index contributed by atoms with van der Waals surface area (Å²) in [4.78, 5) is 7.29. The van der Waals surface area contributed by atoms with Gasteiger partial charge in [0.2, 0.25) is 0 Å². The Bertz CT molecular complexity index is 399. The van der Waals surface area contributed by atoms with Crippen LogP contribution in [0.15, 0.2) is 5.38 Å². The van der Waals surface area contributed by atoms with Gasteiger partial charge in [-0.15, -0.1) is 11.3 Å². The summed E-state index contributed by atoms with van der Waals surface area (Å²) in [5.74, 6) is 0. The number of hydrogen-bond acceptors (Lipinski definition) is 4. The highest BCUT2D eigenvalue weighted by Gasteiger charge is 2.42. The van der Waals surface area contributed by atoms with Crippen molar-refractivity contribution in [1.29, 1.82) is 0 Å². The molecule has 1 N–H and O–H groups in total. The minimum absolute atomic E-state index is 0.0668. The quantitative estimate of drug-likeness (QED) is 0.909. The molecular formula is C14H25N3S. The van der Waals surface area contributed by atoms with Gasteiger partial charge in [0.25, 0.3) is 0 Å². The fraction of sp³-hybridized carbons (Fsp3) is 0.786. The van der Waals surface area contributed by atoms with E-state index in [0.29, 0.717) is 12.1 Å². The molecule has 1 aliphatic rings. The van der Waals surface area contributed by atoms with E-state index in [4.69, 9.17) is 4.98 Å². The van der Waals surface area contributed by atoms with Crippen LogP contribution in [0.1, 0.15) is 44.8 Å². The molecule has 0 spiro atoms. The molecule has 18 heavy (non-hydrogen) atoms. The van der Waals surface area contributed by atoms with Crippen molar-refractivity contribution in [2.24, 2.45) is 0 Å². The molecule has 0 saturated carbocycles. The Balaban J connectivity index is 2.25. The first-order chi connectivity index (χ1) is 8.43. The van der Waals surface area contributed by atoms with Gasteiger partial charge in [-0.2, -0.15) is 0 Å². The van der Waals surface area contributed by atoms with Gasteiger partial charge in [0.1, 0.15) is 5.01 Å². The van der Waals surface area contributed by atoms with Crippen LogP contribution in [0.25, 0.3) is 0 Å². The lowest BCUT2D eigenvalue weighted by Gasteiger charge is -2.32. The first-order valence-corrected chi connectivity index (χ1v) is 7.75. The smallest absolute Gasteiger partial charge is 0.114 e. The van der Waals surface area contributed by atoms with Gasteiger partial charge in [0.15, 0.2) is 0 Å². The van der Waals surface area contributed by atoms with E-state index in [9.17, 15) is 0 Å². The van der Waals surface area contributed by atoms with Crippen molar-refractivity contribution in [1.82, 2.24) is 15.2 Å². The summed E-state index contributed by atoms with van der Waals surface area (Å²) in [5.41, 5.74) is 1.21. The molecule has 1 fully saturated rings. The lowest BCUT2D eigenvalue weighted by atomic mass is 9.98. The van der Waals surface area contributed by atoms with E-state index in [1.165, 1.54) is 5.01 Å². The second-order valence-corrected chi connectivity index (χ2v) is 6.85. The number of rotatable bonds is 4. The zero-order valence-corrected chi connectivity index (χ0v) is 13.0. The summed E-state index contributed by atoms with van der Waals surface area (Å²) >= 11 is 1.80. The number of nitrogens with zero attached hydrogens (tertiary/aromatic N) is 2. The third-order valence-electron chi connectivity index (χ3n) is 3.62. The third-order valence-corrected chi connectivity index (χ3v) is 4.79. The summed E-state index contributed by atoms with van der Waals surface area (Å²) in [7, 11) is 0. The van der Waals surface area contributed by atoms with E-state index in [1.807, 2.05) is 0 Å². The van der Waals surface area contributed by atoms with Crippen molar-refractivity contribution in [2.45, 2.75) is 58.7 Å². The van der Waals surface area contributed by atoms with Crippen LogP contribution < -0.4 is 5.32 Å². The summed E-state index contributed by atoms with van der Waals surface area (Å²) in [6.07, 6.45) is 1.16. The fourth-order valence-corrected chi connectivity index (χ4v) is 3.74. The molecule has 2 rings (SSSR count). The number of aromatic nitrogens is 1. The molecule has 0 aliphatic carbocycles. The van der Waals surface area contributed by atoms with Crippen LogP contribution >= 0.6 is 11.3 Å². The molecule has 1 saturated heterocycles. The Labute approximate surface area is 115 Å². The molecule has 1 unspecified atom stereocenters.